The first kappa shape index (κ1) is 15.0. The van der Waals surface area contributed by atoms with Crippen LogP contribution in [0.15, 0.2) is 21.2 Å². The van der Waals surface area contributed by atoms with Crippen LogP contribution in [-0.2, 0) is 9.59 Å². The van der Waals surface area contributed by atoms with Gasteiger partial charge in [-0.15, -0.1) is 0 Å². The zero-order valence-electron chi connectivity index (χ0n) is 7.84. The number of carbonyl (C=O) groups excluding carboxylic acids is 2. The molecule has 0 amide bonds. The molecule has 0 saturated carbocycles. The molecule has 0 atom stereocenters. The van der Waals surface area contributed by atoms with Crippen LogP contribution < -0.4 is 0 Å². The minimum Gasteiger partial charge on any atom is -0.288 e. The van der Waals surface area contributed by atoms with Crippen molar-refractivity contribution in [2.75, 3.05) is 0 Å². The third-order valence-corrected chi connectivity index (χ3v) is 2.58. The number of Topliss-reactive ketones (excluding diaryl/α,β-unsaturated/α-hetero) is 2. The summed E-state index contributed by atoms with van der Waals surface area (Å²) in [7, 11) is 0. The van der Waals surface area contributed by atoms with Crippen molar-refractivity contribution in [3.8, 4) is 0 Å². The molecular weight excluding hydrogens is 313 g/mol. The standard InChI is InChI=1S/C8Cl2F6O2/c9-3-1(7(11,12)13)5(17)2(8(14,15)16)4(10)6(3)18. The lowest BCUT2D eigenvalue weighted by Crippen LogP contribution is -2.34. The van der Waals surface area contributed by atoms with Crippen molar-refractivity contribution >= 4 is 34.8 Å². The van der Waals surface area contributed by atoms with Crippen molar-refractivity contribution in [3.05, 3.63) is 21.2 Å². The van der Waals surface area contributed by atoms with Crippen LogP contribution >= 0.6 is 23.2 Å². The summed E-state index contributed by atoms with van der Waals surface area (Å²) < 4.78 is 74.1. The Kier molecular flexibility index (Phi) is 3.57. The van der Waals surface area contributed by atoms with Crippen LogP contribution in [-0.4, -0.2) is 23.9 Å². The first-order chi connectivity index (χ1) is 7.89. The molecule has 0 aromatic carbocycles. The topological polar surface area (TPSA) is 34.1 Å². The van der Waals surface area contributed by atoms with E-state index in [1.54, 1.807) is 0 Å². The zero-order valence-corrected chi connectivity index (χ0v) is 9.35. The molecule has 2 nitrogen and oxygen atoms in total. The largest absolute Gasteiger partial charge is 0.421 e. The molecule has 0 fully saturated rings. The summed E-state index contributed by atoms with van der Waals surface area (Å²) in [6, 6.07) is 0. The number of allylic oxidation sites excluding steroid dienone is 4. The van der Waals surface area contributed by atoms with E-state index in [9.17, 15) is 35.9 Å². The molecule has 18 heavy (non-hydrogen) atoms. The van der Waals surface area contributed by atoms with Crippen LogP contribution in [0.2, 0.25) is 0 Å². The molecule has 1 rings (SSSR count). The maximum atomic E-state index is 12.4. The first-order valence-corrected chi connectivity index (χ1v) is 4.68. The minimum atomic E-state index is -5.49. The predicted octanol–water partition coefficient (Wildman–Crippen LogP) is 3.25. The van der Waals surface area contributed by atoms with E-state index < -0.39 is 45.1 Å². The van der Waals surface area contributed by atoms with Gasteiger partial charge in [-0.25, -0.2) is 0 Å². The Hall–Kier alpha value is -1.02. The van der Waals surface area contributed by atoms with Gasteiger partial charge in [0.1, 0.15) is 21.2 Å². The lowest BCUT2D eigenvalue weighted by molar-refractivity contribution is -0.138. The van der Waals surface area contributed by atoms with Crippen LogP contribution in [0.25, 0.3) is 0 Å². The number of hydrogen-bond acceptors (Lipinski definition) is 2. The number of rotatable bonds is 0. The van der Waals surface area contributed by atoms with Crippen molar-refractivity contribution in [3.63, 3.8) is 0 Å². The summed E-state index contributed by atoms with van der Waals surface area (Å²) in [5.74, 6) is -4.36. The molecule has 0 aromatic heterocycles. The molecule has 100 valence electrons. The van der Waals surface area contributed by atoms with Gasteiger partial charge >= 0.3 is 12.4 Å². The summed E-state index contributed by atoms with van der Waals surface area (Å²) >= 11 is 9.85. The lowest BCUT2D eigenvalue weighted by Gasteiger charge is -2.21. The molecular formula is C8Cl2F6O2. The molecule has 1 aliphatic rings. The molecule has 0 N–H and O–H groups in total. The van der Waals surface area contributed by atoms with E-state index >= 15 is 0 Å². The second-order valence-electron chi connectivity index (χ2n) is 3.03. The molecule has 0 unspecified atom stereocenters. The van der Waals surface area contributed by atoms with Crippen molar-refractivity contribution in [2.24, 2.45) is 0 Å². The summed E-state index contributed by atoms with van der Waals surface area (Å²) in [6.07, 6.45) is -11.0. The molecule has 0 radical (unpaired) electrons. The number of ketones is 2. The highest BCUT2D eigenvalue weighted by atomic mass is 35.5. The molecule has 0 aliphatic heterocycles. The van der Waals surface area contributed by atoms with Gasteiger partial charge in [-0.2, -0.15) is 26.3 Å². The quantitative estimate of drug-likeness (QED) is 0.508. The highest BCUT2D eigenvalue weighted by molar-refractivity contribution is 6.58. The highest BCUT2D eigenvalue weighted by Crippen LogP contribution is 2.43. The zero-order chi connectivity index (χ0) is 14.5. The monoisotopic (exact) mass is 312 g/mol. The van der Waals surface area contributed by atoms with E-state index in [-0.39, 0.29) is 0 Å². The Labute approximate surface area is 105 Å². The number of halogens is 8. The van der Waals surface area contributed by atoms with E-state index in [0.717, 1.165) is 0 Å². The SMILES string of the molecule is O=C1C(Cl)=C(C(F)(F)F)C(=O)C(C(F)(F)F)=C1Cl. The van der Waals surface area contributed by atoms with Crippen molar-refractivity contribution in [2.45, 2.75) is 12.4 Å². The molecule has 0 spiro atoms. The van der Waals surface area contributed by atoms with Gasteiger partial charge in [0.2, 0.25) is 11.6 Å². The highest BCUT2D eigenvalue weighted by Gasteiger charge is 2.54. The molecule has 1 aliphatic carbocycles. The predicted molar refractivity (Wildman–Crippen MR) is 47.9 cm³/mol. The third kappa shape index (κ3) is 2.39. The van der Waals surface area contributed by atoms with Crippen LogP contribution in [0.3, 0.4) is 0 Å². The molecule has 0 saturated heterocycles. The van der Waals surface area contributed by atoms with Gasteiger partial charge in [-0.3, -0.25) is 9.59 Å². The molecule has 0 aromatic rings. The molecule has 10 heteroatoms. The smallest absolute Gasteiger partial charge is 0.288 e. The Morgan fingerprint density at radius 3 is 1.17 bits per heavy atom. The number of hydrogen-bond donors (Lipinski definition) is 0. The fraction of sp³-hybridized carbons (Fsp3) is 0.250. The second-order valence-corrected chi connectivity index (χ2v) is 3.79. The van der Waals surface area contributed by atoms with Gasteiger partial charge in [0.15, 0.2) is 0 Å². The average Bonchev–Trinajstić information content (AvgIpc) is 2.09. The van der Waals surface area contributed by atoms with E-state index in [0.29, 0.717) is 0 Å². The summed E-state index contributed by atoms with van der Waals surface area (Å²) in [5.41, 5.74) is -4.74. The van der Waals surface area contributed by atoms with Crippen LogP contribution in [0.4, 0.5) is 26.3 Å². The Morgan fingerprint density at radius 1 is 0.667 bits per heavy atom. The normalized spacial score (nSPS) is 18.9. The van der Waals surface area contributed by atoms with Gasteiger partial charge < -0.3 is 0 Å². The van der Waals surface area contributed by atoms with Gasteiger partial charge in [-0.05, 0) is 0 Å². The van der Waals surface area contributed by atoms with Gasteiger partial charge in [-0.1, -0.05) is 23.2 Å². The minimum absolute atomic E-state index is 1.68. The Morgan fingerprint density at radius 2 is 0.944 bits per heavy atom. The maximum Gasteiger partial charge on any atom is 0.421 e. The van der Waals surface area contributed by atoms with Crippen molar-refractivity contribution in [1.82, 2.24) is 0 Å². The summed E-state index contributed by atoms with van der Waals surface area (Å²) in [4.78, 5) is 22.2. The van der Waals surface area contributed by atoms with Crippen molar-refractivity contribution in [1.29, 1.82) is 0 Å². The number of alkyl halides is 6. The molecule has 0 bridgehead atoms. The first-order valence-electron chi connectivity index (χ1n) is 3.92. The maximum absolute atomic E-state index is 12.4. The fourth-order valence-corrected chi connectivity index (χ4v) is 1.78. The lowest BCUT2D eigenvalue weighted by atomic mass is 9.94. The Balaban J connectivity index is 3.55. The van der Waals surface area contributed by atoms with E-state index in [4.69, 9.17) is 23.2 Å². The van der Waals surface area contributed by atoms with Gasteiger partial charge in [0, 0.05) is 0 Å². The van der Waals surface area contributed by atoms with E-state index in [1.807, 2.05) is 0 Å². The van der Waals surface area contributed by atoms with Gasteiger partial charge in [0.25, 0.3) is 0 Å². The van der Waals surface area contributed by atoms with Gasteiger partial charge in [0.05, 0.1) is 0 Å². The third-order valence-electron chi connectivity index (χ3n) is 1.86. The van der Waals surface area contributed by atoms with E-state index in [1.165, 1.54) is 0 Å². The number of carbonyl (C=O) groups is 2. The average molecular weight is 313 g/mol. The van der Waals surface area contributed by atoms with Crippen molar-refractivity contribution < 1.29 is 35.9 Å². The fourth-order valence-electron chi connectivity index (χ4n) is 1.15. The molecule has 0 heterocycles. The van der Waals surface area contributed by atoms with Crippen LogP contribution in [0.5, 0.6) is 0 Å². The Bertz CT molecular complexity index is 455. The summed E-state index contributed by atoms with van der Waals surface area (Å²) in [5, 5.41) is -3.35. The van der Waals surface area contributed by atoms with E-state index in [2.05, 4.69) is 0 Å². The second kappa shape index (κ2) is 4.27. The van der Waals surface area contributed by atoms with Crippen LogP contribution in [0, 0.1) is 0 Å². The van der Waals surface area contributed by atoms with Crippen LogP contribution in [0.1, 0.15) is 0 Å². The summed E-state index contributed by atoms with van der Waals surface area (Å²) in [6.45, 7) is 0.